The molecule has 4 heteroatoms. The first-order valence-corrected chi connectivity index (χ1v) is 7.05. The standard InChI is InChI=1S/C15H22N2.2ClH/c1-2-8-17-9-4-6-13-10-14-12(11-15(13)17)5-3-7-16-14;;/h3,5,7,13,15H,2,4,6,8-11H2,1H3;2*1H/t13-,15-;;/m0../s1. The van der Waals surface area contributed by atoms with Crippen LogP contribution in [0.5, 0.6) is 0 Å². The van der Waals surface area contributed by atoms with Crippen molar-refractivity contribution in [3.8, 4) is 0 Å². The summed E-state index contributed by atoms with van der Waals surface area (Å²) < 4.78 is 0. The highest BCUT2D eigenvalue weighted by Crippen LogP contribution is 2.34. The van der Waals surface area contributed by atoms with Gasteiger partial charge in [0.15, 0.2) is 0 Å². The molecule has 2 atom stereocenters. The minimum atomic E-state index is 0. The second-order valence-electron chi connectivity index (χ2n) is 5.52. The van der Waals surface area contributed by atoms with E-state index in [0.717, 1.165) is 12.0 Å². The minimum absolute atomic E-state index is 0. The van der Waals surface area contributed by atoms with Gasteiger partial charge in [-0.2, -0.15) is 0 Å². The van der Waals surface area contributed by atoms with Crippen LogP contribution in [0.4, 0.5) is 0 Å². The summed E-state index contributed by atoms with van der Waals surface area (Å²) in [5, 5.41) is 0. The smallest absolute Gasteiger partial charge is 0.0439 e. The van der Waals surface area contributed by atoms with Gasteiger partial charge >= 0.3 is 0 Å². The van der Waals surface area contributed by atoms with Gasteiger partial charge in [0.2, 0.25) is 0 Å². The van der Waals surface area contributed by atoms with Crippen molar-refractivity contribution in [1.29, 1.82) is 0 Å². The molecule has 1 aromatic heterocycles. The Morgan fingerprint density at radius 1 is 1.32 bits per heavy atom. The summed E-state index contributed by atoms with van der Waals surface area (Å²) in [4.78, 5) is 7.29. The third-order valence-corrected chi connectivity index (χ3v) is 4.41. The first-order valence-electron chi connectivity index (χ1n) is 7.05. The highest BCUT2D eigenvalue weighted by atomic mass is 35.5. The van der Waals surface area contributed by atoms with Crippen molar-refractivity contribution in [2.45, 2.75) is 45.1 Å². The van der Waals surface area contributed by atoms with Crippen LogP contribution in [0.3, 0.4) is 0 Å². The Balaban J connectivity index is 0.000000902. The van der Waals surface area contributed by atoms with E-state index in [2.05, 4.69) is 28.9 Å². The maximum absolute atomic E-state index is 4.56. The second kappa shape index (κ2) is 7.47. The van der Waals surface area contributed by atoms with Gasteiger partial charge in [0, 0.05) is 17.9 Å². The molecule has 3 rings (SSSR count). The van der Waals surface area contributed by atoms with Gasteiger partial charge in [0.05, 0.1) is 0 Å². The van der Waals surface area contributed by atoms with Crippen molar-refractivity contribution in [2.75, 3.05) is 13.1 Å². The number of hydrogen-bond donors (Lipinski definition) is 0. The molecule has 1 aromatic rings. The molecule has 19 heavy (non-hydrogen) atoms. The van der Waals surface area contributed by atoms with E-state index < -0.39 is 0 Å². The number of piperidine rings is 1. The summed E-state index contributed by atoms with van der Waals surface area (Å²) in [5.41, 5.74) is 2.86. The normalized spacial score (nSPS) is 25.5. The van der Waals surface area contributed by atoms with Gasteiger partial charge in [-0.05, 0) is 62.7 Å². The molecule has 0 saturated carbocycles. The molecule has 1 aliphatic heterocycles. The quantitative estimate of drug-likeness (QED) is 0.831. The Hall–Kier alpha value is -0.310. The average molecular weight is 303 g/mol. The summed E-state index contributed by atoms with van der Waals surface area (Å²) in [6.07, 6.45) is 8.45. The third-order valence-electron chi connectivity index (χ3n) is 4.41. The van der Waals surface area contributed by atoms with Crippen LogP contribution in [0.15, 0.2) is 18.3 Å². The summed E-state index contributed by atoms with van der Waals surface area (Å²) in [6.45, 7) is 4.88. The lowest BCUT2D eigenvalue weighted by Crippen LogP contribution is -2.49. The predicted molar refractivity (Wildman–Crippen MR) is 84.5 cm³/mol. The van der Waals surface area contributed by atoms with Gasteiger partial charge in [0.1, 0.15) is 0 Å². The monoisotopic (exact) mass is 302 g/mol. The first-order chi connectivity index (χ1) is 8.38. The molecule has 108 valence electrons. The maximum atomic E-state index is 4.56. The van der Waals surface area contributed by atoms with E-state index in [9.17, 15) is 0 Å². The largest absolute Gasteiger partial charge is 0.300 e. The first kappa shape index (κ1) is 16.7. The van der Waals surface area contributed by atoms with Gasteiger partial charge in [0.25, 0.3) is 0 Å². The zero-order valence-corrected chi connectivity index (χ0v) is 13.2. The second-order valence-corrected chi connectivity index (χ2v) is 5.52. The van der Waals surface area contributed by atoms with Gasteiger partial charge in [-0.25, -0.2) is 0 Å². The molecule has 0 amide bonds. The van der Waals surface area contributed by atoms with Crippen LogP contribution in [0.1, 0.15) is 37.4 Å². The average Bonchev–Trinajstić information content (AvgIpc) is 2.37. The minimum Gasteiger partial charge on any atom is -0.300 e. The summed E-state index contributed by atoms with van der Waals surface area (Å²) in [6, 6.07) is 5.16. The number of likely N-dealkylation sites (tertiary alicyclic amines) is 1. The van der Waals surface area contributed by atoms with Gasteiger partial charge in [-0.1, -0.05) is 13.0 Å². The number of pyridine rings is 1. The SMILES string of the molecule is CCCN1CCC[C@H]2Cc3ncccc3C[C@@H]21.Cl.Cl. The molecule has 2 aliphatic rings. The van der Waals surface area contributed by atoms with Gasteiger partial charge < -0.3 is 0 Å². The van der Waals surface area contributed by atoms with Crippen molar-refractivity contribution in [3.63, 3.8) is 0 Å². The highest BCUT2D eigenvalue weighted by molar-refractivity contribution is 5.85. The molecule has 0 aromatic carbocycles. The number of aromatic nitrogens is 1. The number of fused-ring (bicyclic) bond motifs is 2. The van der Waals surface area contributed by atoms with E-state index in [1.165, 1.54) is 56.5 Å². The Bertz CT molecular complexity index is 395. The zero-order chi connectivity index (χ0) is 11.7. The van der Waals surface area contributed by atoms with Crippen LogP contribution in [0, 0.1) is 5.92 Å². The van der Waals surface area contributed by atoms with Gasteiger partial charge in [-0.3, -0.25) is 9.88 Å². The lowest BCUT2D eigenvalue weighted by Gasteiger charge is -2.44. The molecule has 1 aliphatic carbocycles. The molecule has 2 nitrogen and oxygen atoms in total. The summed E-state index contributed by atoms with van der Waals surface area (Å²) >= 11 is 0. The van der Waals surface area contributed by atoms with E-state index in [1.807, 2.05) is 6.20 Å². The van der Waals surface area contributed by atoms with Crippen LogP contribution in [0.25, 0.3) is 0 Å². The summed E-state index contributed by atoms with van der Waals surface area (Å²) in [5.74, 6) is 0.859. The Morgan fingerprint density at radius 3 is 2.95 bits per heavy atom. The van der Waals surface area contributed by atoms with Crippen molar-refractivity contribution < 1.29 is 0 Å². The molecule has 1 saturated heterocycles. The van der Waals surface area contributed by atoms with Crippen LogP contribution in [-0.4, -0.2) is 29.0 Å². The van der Waals surface area contributed by atoms with Crippen molar-refractivity contribution in [2.24, 2.45) is 5.92 Å². The van der Waals surface area contributed by atoms with Crippen molar-refractivity contribution in [1.82, 2.24) is 9.88 Å². The van der Waals surface area contributed by atoms with Crippen LogP contribution >= 0.6 is 24.8 Å². The van der Waals surface area contributed by atoms with E-state index in [4.69, 9.17) is 0 Å². The lowest BCUT2D eigenvalue weighted by atomic mass is 9.77. The molecule has 0 radical (unpaired) electrons. The number of rotatable bonds is 2. The van der Waals surface area contributed by atoms with E-state index >= 15 is 0 Å². The molecule has 0 spiro atoms. The molecular weight excluding hydrogens is 279 g/mol. The topological polar surface area (TPSA) is 16.1 Å². The maximum Gasteiger partial charge on any atom is 0.0439 e. The Morgan fingerprint density at radius 2 is 2.16 bits per heavy atom. The summed E-state index contributed by atoms with van der Waals surface area (Å²) in [7, 11) is 0. The Kier molecular flexibility index (Phi) is 6.58. The van der Waals surface area contributed by atoms with Crippen LogP contribution in [-0.2, 0) is 12.8 Å². The Labute approximate surface area is 128 Å². The van der Waals surface area contributed by atoms with E-state index in [1.54, 1.807) is 0 Å². The third kappa shape index (κ3) is 3.42. The van der Waals surface area contributed by atoms with Crippen molar-refractivity contribution in [3.05, 3.63) is 29.6 Å². The highest BCUT2D eigenvalue weighted by Gasteiger charge is 2.35. The lowest BCUT2D eigenvalue weighted by molar-refractivity contribution is 0.0846. The molecule has 0 bridgehead atoms. The molecule has 1 fully saturated rings. The van der Waals surface area contributed by atoms with Crippen molar-refractivity contribution >= 4 is 24.8 Å². The van der Waals surface area contributed by atoms with Crippen LogP contribution in [0.2, 0.25) is 0 Å². The molecule has 0 unspecified atom stereocenters. The number of halogens is 2. The zero-order valence-electron chi connectivity index (χ0n) is 11.5. The molecule has 2 heterocycles. The number of hydrogen-bond acceptors (Lipinski definition) is 2. The molecular formula is C15H24Cl2N2. The fraction of sp³-hybridized carbons (Fsp3) is 0.667. The fourth-order valence-corrected chi connectivity index (χ4v) is 3.63. The fourth-order valence-electron chi connectivity index (χ4n) is 3.63. The van der Waals surface area contributed by atoms with Gasteiger partial charge in [-0.15, -0.1) is 24.8 Å². The predicted octanol–water partition coefficient (Wildman–Crippen LogP) is 3.51. The molecule has 0 N–H and O–H groups in total. The van der Waals surface area contributed by atoms with E-state index in [-0.39, 0.29) is 24.8 Å². The number of nitrogens with zero attached hydrogens (tertiary/aromatic N) is 2. The van der Waals surface area contributed by atoms with E-state index in [0.29, 0.717) is 0 Å². The van der Waals surface area contributed by atoms with Crippen LogP contribution < -0.4 is 0 Å².